The molecule has 150 valence electrons. The molecular weight excluding hydrogens is 388 g/mol. The lowest BCUT2D eigenvalue weighted by Gasteiger charge is -2.11. The summed E-state index contributed by atoms with van der Waals surface area (Å²) in [6.07, 6.45) is -0.557. The fourth-order valence-electron chi connectivity index (χ4n) is 3.08. The second kappa shape index (κ2) is 10.1. The molecule has 0 heterocycles. The van der Waals surface area contributed by atoms with Crippen LogP contribution >= 0.6 is 11.6 Å². The van der Waals surface area contributed by atoms with E-state index >= 15 is 0 Å². The summed E-state index contributed by atoms with van der Waals surface area (Å²) in [4.78, 5) is 11.2. The van der Waals surface area contributed by atoms with Gasteiger partial charge in [0, 0.05) is 10.7 Å². The summed E-state index contributed by atoms with van der Waals surface area (Å²) in [6.45, 7) is 2.10. The summed E-state index contributed by atoms with van der Waals surface area (Å²) in [7, 11) is 0. The van der Waals surface area contributed by atoms with E-state index in [1.54, 1.807) is 30.3 Å². The van der Waals surface area contributed by atoms with Crippen LogP contribution in [0.5, 0.6) is 0 Å². The maximum Gasteiger partial charge on any atom is 0.335 e. The molecule has 0 saturated carbocycles. The van der Waals surface area contributed by atoms with E-state index in [-0.39, 0.29) is 5.56 Å². The number of aliphatic hydroxyl groups excluding tert-OH is 1. The van der Waals surface area contributed by atoms with Crippen LogP contribution in [0.15, 0.2) is 72.8 Å². The Morgan fingerprint density at radius 3 is 2.48 bits per heavy atom. The topological polar surface area (TPSA) is 86.2 Å². The maximum atomic E-state index is 11.2. The van der Waals surface area contributed by atoms with Gasteiger partial charge < -0.3 is 20.8 Å². The number of benzene rings is 3. The van der Waals surface area contributed by atoms with Crippen LogP contribution in [0, 0.1) is 0 Å². The second-order valence-electron chi connectivity index (χ2n) is 6.78. The van der Waals surface area contributed by atoms with Crippen LogP contribution < -0.4 is 10.6 Å². The number of quaternary nitrogens is 1. The van der Waals surface area contributed by atoms with Gasteiger partial charge >= 0.3 is 5.97 Å². The van der Waals surface area contributed by atoms with Crippen molar-refractivity contribution in [2.24, 2.45) is 0 Å². The molecule has 1 atom stereocenters. The van der Waals surface area contributed by atoms with Crippen LogP contribution in [0.3, 0.4) is 0 Å². The number of nitrogens with two attached hydrogens (primary N) is 1. The third-order valence-electron chi connectivity index (χ3n) is 4.61. The Balaban J connectivity index is 1.50. The molecule has 29 heavy (non-hydrogen) atoms. The number of halogens is 1. The van der Waals surface area contributed by atoms with Crippen LogP contribution in [0.4, 0.5) is 5.69 Å². The first kappa shape index (κ1) is 20.9. The first-order valence-corrected chi connectivity index (χ1v) is 9.83. The number of carboxylic acids is 1. The molecule has 0 amide bonds. The molecule has 5 nitrogen and oxygen atoms in total. The third-order valence-corrected chi connectivity index (χ3v) is 4.84. The molecule has 0 aliphatic carbocycles. The van der Waals surface area contributed by atoms with Crippen LogP contribution in [-0.4, -0.2) is 35.8 Å². The number of carbonyl (C=O) groups is 1. The van der Waals surface area contributed by atoms with Gasteiger partial charge in [0.05, 0.1) is 18.7 Å². The van der Waals surface area contributed by atoms with Gasteiger partial charge in [-0.25, -0.2) is 4.79 Å². The second-order valence-corrected chi connectivity index (χ2v) is 7.21. The van der Waals surface area contributed by atoms with Crippen molar-refractivity contribution in [3.63, 3.8) is 0 Å². The molecule has 3 aromatic carbocycles. The Bertz CT molecular complexity index is 978. The van der Waals surface area contributed by atoms with Gasteiger partial charge in [0.15, 0.2) is 0 Å². The molecule has 0 fully saturated rings. The highest BCUT2D eigenvalue weighted by atomic mass is 35.5. The summed E-state index contributed by atoms with van der Waals surface area (Å²) in [6, 6.07) is 22.1. The van der Waals surface area contributed by atoms with E-state index in [9.17, 15) is 9.90 Å². The van der Waals surface area contributed by atoms with Gasteiger partial charge in [-0.1, -0.05) is 48.0 Å². The van der Waals surface area contributed by atoms with Crippen molar-refractivity contribution in [1.82, 2.24) is 0 Å². The molecule has 3 aromatic rings. The Morgan fingerprint density at radius 2 is 1.72 bits per heavy atom. The summed E-state index contributed by atoms with van der Waals surface area (Å²) in [5.74, 6) is -0.934. The molecule has 0 unspecified atom stereocenters. The quantitative estimate of drug-likeness (QED) is 0.406. The zero-order valence-corrected chi connectivity index (χ0v) is 16.6. The van der Waals surface area contributed by atoms with Crippen LogP contribution in [0.2, 0.25) is 5.02 Å². The molecule has 0 bridgehead atoms. The minimum absolute atomic E-state index is 0.272. The fraction of sp³-hybridized carbons (Fsp3) is 0.174. The van der Waals surface area contributed by atoms with E-state index in [0.717, 1.165) is 35.5 Å². The number of hydrogen-bond acceptors (Lipinski definition) is 3. The lowest BCUT2D eigenvalue weighted by Crippen LogP contribution is -2.86. The van der Waals surface area contributed by atoms with E-state index in [4.69, 9.17) is 16.7 Å². The van der Waals surface area contributed by atoms with Gasteiger partial charge in [0.2, 0.25) is 0 Å². The fourth-order valence-corrected chi connectivity index (χ4v) is 3.28. The first-order chi connectivity index (χ1) is 14.0. The molecule has 0 aliphatic rings. The minimum atomic E-state index is -0.934. The smallest absolute Gasteiger partial charge is 0.335 e. The van der Waals surface area contributed by atoms with Crippen molar-refractivity contribution < 1.29 is 20.3 Å². The Morgan fingerprint density at radius 1 is 1.00 bits per heavy atom. The monoisotopic (exact) mass is 411 g/mol. The highest BCUT2D eigenvalue weighted by Crippen LogP contribution is 2.23. The number of hydrogen-bond donors (Lipinski definition) is 4. The van der Waals surface area contributed by atoms with Crippen molar-refractivity contribution in [3.8, 4) is 11.1 Å². The number of anilines is 1. The Labute approximate surface area is 175 Å². The van der Waals surface area contributed by atoms with E-state index in [1.165, 1.54) is 0 Å². The lowest BCUT2D eigenvalue weighted by molar-refractivity contribution is -0.659. The van der Waals surface area contributed by atoms with Gasteiger partial charge in [-0.3, -0.25) is 0 Å². The van der Waals surface area contributed by atoms with Crippen molar-refractivity contribution in [3.05, 3.63) is 88.9 Å². The summed E-state index contributed by atoms with van der Waals surface area (Å²) in [5.41, 5.74) is 3.88. The zero-order chi connectivity index (χ0) is 20.6. The Kier molecular flexibility index (Phi) is 7.25. The van der Waals surface area contributed by atoms with E-state index in [2.05, 4.69) is 10.6 Å². The summed E-state index contributed by atoms with van der Waals surface area (Å²) < 4.78 is 0. The minimum Gasteiger partial charge on any atom is -0.478 e. The van der Waals surface area contributed by atoms with Crippen LogP contribution in [-0.2, 0) is 0 Å². The number of aromatic carboxylic acids is 1. The van der Waals surface area contributed by atoms with Gasteiger partial charge in [0.1, 0.15) is 12.6 Å². The summed E-state index contributed by atoms with van der Waals surface area (Å²) in [5, 5.41) is 25.4. The molecule has 5 N–H and O–H groups in total. The van der Waals surface area contributed by atoms with Crippen molar-refractivity contribution in [1.29, 1.82) is 0 Å². The lowest BCUT2D eigenvalue weighted by atomic mass is 10.0. The maximum absolute atomic E-state index is 11.2. The third kappa shape index (κ3) is 6.06. The number of carboxylic acid groups (broad SMARTS) is 1. The summed E-state index contributed by atoms with van der Waals surface area (Å²) >= 11 is 5.96. The number of aliphatic hydroxyl groups is 1. The van der Waals surface area contributed by atoms with E-state index in [1.807, 2.05) is 42.5 Å². The molecular formula is C23H24ClN2O3+. The highest BCUT2D eigenvalue weighted by molar-refractivity contribution is 6.30. The molecule has 6 heteroatoms. The molecule has 0 radical (unpaired) electrons. The van der Waals surface area contributed by atoms with Gasteiger partial charge in [-0.2, -0.15) is 0 Å². The molecule has 0 aromatic heterocycles. The average Bonchev–Trinajstić information content (AvgIpc) is 2.73. The first-order valence-electron chi connectivity index (χ1n) is 9.46. The van der Waals surface area contributed by atoms with Gasteiger partial charge in [-0.15, -0.1) is 0 Å². The zero-order valence-electron chi connectivity index (χ0n) is 15.9. The average molecular weight is 412 g/mol. The molecule has 0 spiro atoms. The van der Waals surface area contributed by atoms with Gasteiger partial charge in [-0.05, 0) is 53.1 Å². The van der Waals surface area contributed by atoms with E-state index in [0.29, 0.717) is 11.6 Å². The standard InChI is InChI=1S/C23H23ClN2O3/c24-20-8-2-6-18(13-20)22(27)15-25-10-11-26-21-9-3-5-17(14-21)16-4-1-7-19(12-16)23(28)29/h1-9,12-14,22,25-27H,10-11,15H2,(H,28,29)/p+1/t22-/m0/s1. The predicted molar refractivity (Wildman–Crippen MR) is 115 cm³/mol. The predicted octanol–water partition coefficient (Wildman–Crippen LogP) is 3.41. The van der Waals surface area contributed by atoms with Crippen LogP contribution in [0.25, 0.3) is 11.1 Å². The van der Waals surface area contributed by atoms with Gasteiger partial charge in [0.25, 0.3) is 0 Å². The van der Waals surface area contributed by atoms with Crippen molar-refractivity contribution in [2.75, 3.05) is 25.0 Å². The largest absolute Gasteiger partial charge is 0.478 e. The number of nitrogens with one attached hydrogen (secondary N) is 1. The highest BCUT2D eigenvalue weighted by Gasteiger charge is 2.09. The van der Waals surface area contributed by atoms with Crippen molar-refractivity contribution >= 4 is 23.3 Å². The number of rotatable bonds is 9. The SMILES string of the molecule is O=C(O)c1cccc(-c2cccc(NCC[NH2+]C[C@H](O)c3cccc(Cl)c3)c2)c1. The van der Waals surface area contributed by atoms with E-state index < -0.39 is 12.1 Å². The molecule has 0 aliphatic heterocycles. The normalized spacial score (nSPS) is 11.8. The molecule has 0 saturated heterocycles. The van der Waals surface area contributed by atoms with Crippen LogP contribution in [0.1, 0.15) is 22.0 Å². The Hall–Kier alpha value is -2.86. The van der Waals surface area contributed by atoms with Crippen molar-refractivity contribution in [2.45, 2.75) is 6.10 Å². The molecule has 3 rings (SSSR count).